The topological polar surface area (TPSA) is 77.0 Å². The van der Waals surface area contributed by atoms with E-state index in [2.05, 4.69) is 46.0 Å². The van der Waals surface area contributed by atoms with Crippen molar-refractivity contribution in [1.82, 2.24) is 19.7 Å². The van der Waals surface area contributed by atoms with Crippen LogP contribution in [0, 0.1) is 18.8 Å². The zero-order chi connectivity index (χ0) is 16.9. The van der Waals surface area contributed by atoms with Gasteiger partial charge in [-0.2, -0.15) is 0 Å². The van der Waals surface area contributed by atoms with Gasteiger partial charge in [-0.05, 0) is 31.9 Å². The molecule has 0 unspecified atom stereocenters. The summed E-state index contributed by atoms with van der Waals surface area (Å²) in [5.41, 5.74) is 7.62. The van der Waals surface area contributed by atoms with Gasteiger partial charge in [0.25, 0.3) is 5.91 Å². The molecule has 0 bridgehead atoms. The third-order valence-electron chi connectivity index (χ3n) is 4.33. The summed E-state index contributed by atoms with van der Waals surface area (Å²) in [5, 5.41) is 7.60. The number of likely N-dealkylation sites (tertiary alicyclic amines) is 1. The number of benzene rings is 1. The van der Waals surface area contributed by atoms with Gasteiger partial charge in [0.05, 0.1) is 6.54 Å². The highest BCUT2D eigenvalue weighted by Gasteiger charge is 2.23. The average Bonchev–Trinajstić information content (AvgIpc) is 3.07. The van der Waals surface area contributed by atoms with Gasteiger partial charge < -0.3 is 10.3 Å². The molecule has 124 valence electrons. The summed E-state index contributed by atoms with van der Waals surface area (Å²) >= 11 is 0. The molecule has 2 heterocycles. The molecule has 1 aromatic carbocycles. The molecule has 6 heteroatoms. The molecule has 24 heavy (non-hydrogen) atoms. The first-order valence-corrected chi connectivity index (χ1v) is 8.10. The molecule has 1 aliphatic rings. The summed E-state index contributed by atoms with van der Waals surface area (Å²) < 4.78 is 1.80. The monoisotopic (exact) mass is 323 g/mol. The van der Waals surface area contributed by atoms with E-state index in [0.717, 1.165) is 38.0 Å². The van der Waals surface area contributed by atoms with Crippen LogP contribution in [-0.4, -0.2) is 45.2 Å². The fourth-order valence-corrected chi connectivity index (χ4v) is 2.93. The number of aromatic nitrogens is 3. The van der Waals surface area contributed by atoms with Crippen molar-refractivity contribution in [2.45, 2.75) is 25.8 Å². The maximum atomic E-state index is 11.4. The number of piperidine rings is 1. The standard InChI is InChI=1S/C18H21N5O/c1-14-4-6-15(7-5-14)3-2-10-22-11-8-16(9-12-22)23-13-20-21-18(23)17(19)24/h4-7,13,16H,8-12H2,1H3,(H2,19,24). The summed E-state index contributed by atoms with van der Waals surface area (Å²) in [6.45, 7) is 4.69. The number of amides is 1. The number of hydrogen-bond acceptors (Lipinski definition) is 4. The first kappa shape index (κ1) is 16.2. The van der Waals surface area contributed by atoms with Crippen LogP contribution >= 0.6 is 0 Å². The molecule has 0 atom stereocenters. The van der Waals surface area contributed by atoms with Gasteiger partial charge in [-0.1, -0.05) is 29.5 Å². The second kappa shape index (κ2) is 7.28. The van der Waals surface area contributed by atoms with Gasteiger partial charge in [-0.15, -0.1) is 10.2 Å². The lowest BCUT2D eigenvalue weighted by Gasteiger charge is -2.31. The molecule has 6 nitrogen and oxygen atoms in total. The number of hydrogen-bond donors (Lipinski definition) is 1. The van der Waals surface area contributed by atoms with E-state index in [0.29, 0.717) is 0 Å². The molecule has 1 aliphatic heterocycles. The normalized spacial score (nSPS) is 15.7. The SMILES string of the molecule is Cc1ccc(C#CCN2CCC(n3cnnc3C(N)=O)CC2)cc1. The van der Waals surface area contributed by atoms with Crippen molar-refractivity contribution < 1.29 is 4.79 Å². The fourth-order valence-electron chi connectivity index (χ4n) is 2.93. The maximum Gasteiger partial charge on any atom is 0.286 e. The van der Waals surface area contributed by atoms with E-state index in [-0.39, 0.29) is 11.9 Å². The zero-order valence-corrected chi connectivity index (χ0v) is 13.8. The first-order chi connectivity index (χ1) is 11.6. The van der Waals surface area contributed by atoms with E-state index >= 15 is 0 Å². The van der Waals surface area contributed by atoms with Crippen molar-refractivity contribution in [1.29, 1.82) is 0 Å². The summed E-state index contributed by atoms with van der Waals surface area (Å²) in [7, 11) is 0. The zero-order valence-electron chi connectivity index (χ0n) is 13.8. The molecule has 0 aliphatic carbocycles. The lowest BCUT2D eigenvalue weighted by Crippen LogP contribution is -2.35. The van der Waals surface area contributed by atoms with Crippen LogP contribution in [0.2, 0.25) is 0 Å². The molecule has 1 aromatic heterocycles. The second-order valence-corrected chi connectivity index (χ2v) is 6.10. The van der Waals surface area contributed by atoms with Crippen LogP contribution in [0.5, 0.6) is 0 Å². The van der Waals surface area contributed by atoms with E-state index < -0.39 is 5.91 Å². The fraction of sp³-hybridized carbons (Fsp3) is 0.389. The highest BCUT2D eigenvalue weighted by molar-refractivity contribution is 5.88. The van der Waals surface area contributed by atoms with Crippen LogP contribution in [0.15, 0.2) is 30.6 Å². The van der Waals surface area contributed by atoms with Gasteiger partial charge >= 0.3 is 0 Å². The number of nitrogens with zero attached hydrogens (tertiary/aromatic N) is 4. The Kier molecular flexibility index (Phi) is 4.92. The van der Waals surface area contributed by atoms with E-state index in [1.807, 2.05) is 12.1 Å². The minimum Gasteiger partial charge on any atom is -0.363 e. The molecule has 1 saturated heterocycles. The Morgan fingerprint density at radius 2 is 2.00 bits per heavy atom. The number of primary amides is 1. The van der Waals surface area contributed by atoms with Crippen LogP contribution in [-0.2, 0) is 0 Å². The van der Waals surface area contributed by atoms with Gasteiger partial charge in [0.2, 0.25) is 5.82 Å². The van der Waals surface area contributed by atoms with Crippen LogP contribution in [0.25, 0.3) is 0 Å². The van der Waals surface area contributed by atoms with E-state index in [1.54, 1.807) is 10.9 Å². The molecule has 0 saturated carbocycles. The van der Waals surface area contributed by atoms with E-state index in [1.165, 1.54) is 5.56 Å². The number of carbonyl (C=O) groups is 1. The average molecular weight is 323 g/mol. The summed E-state index contributed by atoms with van der Waals surface area (Å²) in [6.07, 6.45) is 3.46. The molecular weight excluding hydrogens is 302 g/mol. The second-order valence-electron chi connectivity index (χ2n) is 6.10. The highest BCUT2D eigenvalue weighted by atomic mass is 16.1. The molecular formula is C18H21N5O. The molecule has 1 amide bonds. The van der Waals surface area contributed by atoms with Crippen LogP contribution < -0.4 is 5.73 Å². The Morgan fingerprint density at radius 3 is 2.67 bits per heavy atom. The predicted molar refractivity (Wildman–Crippen MR) is 91.3 cm³/mol. The van der Waals surface area contributed by atoms with Gasteiger partial charge in [0.15, 0.2) is 0 Å². The van der Waals surface area contributed by atoms with Crippen molar-refractivity contribution in [3.8, 4) is 11.8 Å². The molecule has 1 fully saturated rings. The molecule has 2 N–H and O–H groups in total. The maximum absolute atomic E-state index is 11.4. The Hall–Kier alpha value is -2.65. The highest BCUT2D eigenvalue weighted by Crippen LogP contribution is 2.22. The predicted octanol–water partition coefficient (Wildman–Crippen LogP) is 1.37. The van der Waals surface area contributed by atoms with Crippen LogP contribution in [0.3, 0.4) is 0 Å². The lowest BCUT2D eigenvalue weighted by atomic mass is 10.0. The third kappa shape index (κ3) is 3.81. The summed E-state index contributed by atoms with van der Waals surface area (Å²) in [6, 6.07) is 8.47. The molecule has 0 radical (unpaired) electrons. The Balaban J connectivity index is 1.53. The van der Waals surface area contributed by atoms with Crippen LogP contribution in [0.4, 0.5) is 0 Å². The first-order valence-electron chi connectivity index (χ1n) is 8.10. The smallest absolute Gasteiger partial charge is 0.286 e. The molecule has 0 spiro atoms. The Labute approximate surface area is 141 Å². The quantitative estimate of drug-likeness (QED) is 0.866. The largest absolute Gasteiger partial charge is 0.363 e. The van der Waals surface area contributed by atoms with Crippen LogP contribution in [0.1, 0.15) is 40.6 Å². The third-order valence-corrected chi connectivity index (χ3v) is 4.33. The molecule has 2 aromatic rings. The van der Waals surface area contributed by atoms with Gasteiger partial charge in [-0.25, -0.2) is 0 Å². The molecule has 3 rings (SSSR count). The number of rotatable bonds is 3. The number of aryl methyl sites for hydroxylation is 1. The van der Waals surface area contributed by atoms with Crippen molar-refractivity contribution in [2.24, 2.45) is 5.73 Å². The summed E-state index contributed by atoms with van der Waals surface area (Å²) in [4.78, 5) is 13.7. The van der Waals surface area contributed by atoms with Crippen molar-refractivity contribution in [3.05, 3.63) is 47.5 Å². The van der Waals surface area contributed by atoms with Gasteiger partial charge in [0.1, 0.15) is 6.33 Å². The number of nitrogens with two attached hydrogens (primary N) is 1. The Morgan fingerprint density at radius 1 is 1.29 bits per heavy atom. The van der Waals surface area contributed by atoms with Crippen molar-refractivity contribution in [2.75, 3.05) is 19.6 Å². The Bertz CT molecular complexity index is 761. The lowest BCUT2D eigenvalue weighted by molar-refractivity contribution is 0.0979. The minimum atomic E-state index is -0.529. The van der Waals surface area contributed by atoms with E-state index in [4.69, 9.17) is 5.73 Å². The van der Waals surface area contributed by atoms with E-state index in [9.17, 15) is 4.79 Å². The minimum absolute atomic E-state index is 0.226. The van der Waals surface area contributed by atoms with Crippen molar-refractivity contribution >= 4 is 5.91 Å². The van der Waals surface area contributed by atoms with Crippen molar-refractivity contribution in [3.63, 3.8) is 0 Å². The number of carbonyl (C=O) groups excluding carboxylic acids is 1. The van der Waals surface area contributed by atoms with Gasteiger partial charge in [0, 0.05) is 24.7 Å². The summed E-state index contributed by atoms with van der Waals surface area (Å²) in [5.74, 6) is 6.16. The van der Waals surface area contributed by atoms with Gasteiger partial charge in [-0.3, -0.25) is 9.69 Å².